The van der Waals surface area contributed by atoms with Crippen molar-refractivity contribution < 1.29 is 4.39 Å². The Morgan fingerprint density at radius 1 is 1.42 bits per heavy atom. The van der Waals surface area contributed by atoms with Gasteiger partial charge in [0, 0.05) is 6.04 Å². The molecule has 1 aromatic rings. The van der Waals surface area contributed by atoms with Gasteiger partial charge in [-0.05, 0) is 31.0 Å². The monoisotopic (exact) mass is 168 g/mol. The van der Waals surface area contributed by atoms with Crippen LogP contribution in [0, 0.1) is 5.82 Å². The normalized spacial score (nSPS) is 12.9. The molecule has 3 heteroatoms. The molecule has 0 aromatic heterocycles. The van der Waals surface area contributed by atoms with Gasteiger partial charge in [-0.15, -0.1) is 0 Å². The summed E-state index contributed by atoms with van der Waals surface area (Å²) in [7, 11) is 0. The third-order valence-corrected chi connectivity index (χ3v) is 1.74. The van der Waals surface area contributed by atoms with Crippen molar-refractivity contribution in [1.82, 2.24) is 5.43 Å². The molecule has 0 fully saturated rings. The minimum absolute atomic E-state index is 0.202. The van der Waals surface area contributed by atoms with Crippen LogP contribution in [0.5, 0.6) is 0 Å². The number of benzene rings is 1. The topological polar surface area (TPSA) is 38.0 Å². The summed E-state index contributed by atoms with van der Waals surface area (Å²) in [4.78, 5) is 0. The molecule has 0 amide bonds. The fraction of sp³-hybridized carbons (Fsp3) is 0.333. The lowest BCUT2D eigenvalue weighted by atomic mass is 10.1. The van der Waals surface area contributed by atoms with Crippen molar-refractivity contribution in [3.05, 3.63) is 35.6 Å². The van der Waals surface area contributed by atoms with E-state index < -0.39 is 0 Å². The van der Waals surface area contributed by atoms with E-state index in [9.17, 15) is 4.39 Å². The fourth-order valence-electron chi connectivity index (χ4n) is 1.03. The second-order valence-corrected chi connectivity index (χ2v) is 2.90. The Morgan fingerprint density at radius 2 is 2.00 bits per heavy atom. The standard InChI is InChI=1S/C9H13FN2/c1-7(12-11)6-8-2-4-9(10)5-3-8/h2-5,7,12H,6,11H2,1H3. The van der Waals surface area contributed by atoms with Crippen LogP contribution in [0.4, 0.5) is 4.39 Å². The van der Waals surface area contributed by atoms with Crippen molar-refractivity contribution in [3.8, 4) is 0 Å². The molecule has 0 saturated carbocycles. The minimum atomic E-state index is -0.202. The van der Waals surface area contributed by atoms with E-state index in [2.05, 4.69) is 5.43 Å². The first-order valence-electron chi connectivity index (χ1n) is 3.93. The van der Waals surface area contributed by atoms with Gasteiger partial charge in [0.05, 0.1) is 0 Å². The Labute approximate surface area is 71.6 Å². The molecule has 0 aliphatic rings. The second kappa shape index (κ2) is 4.18. The van der Waals surface area contributed by atoms with Gasteiger partial charge < -0.3 is 0 Å². The zero-order valence-electron chi connectivity index (χ0n) is 7.05. The summed E-state index contributed by atoms with van der Waals surface area (Å²) in [5, 5.41) is 0. The Hall–Kier alpha value is -0.930. The zero-order valence-corrected chi connectivity index (χ0v) is 7.05. The van der Waals surface area contributed by atoms with E-state index in [-0.39, 0.29) is 11.9 Å². The summed E-state index contributed by atoms with van der Waals surface area (Å²) in [5.74, 6) is 5.02. The number of hydrazine groups is 1. The molecule has 0 heterocycles. The van der Waals surface area contributed by atoms with Crippen molar-refractivity contribution >= 4 is 0 Å². The smallest absolute Gasteiger partial charge is 0.123 e. The number of rotatable bonds is 3. The van der Waals surface area contributed by atoms with Crippen molar-refractivity contribution in [2.45, 2.75) is 19.4 Å². The maximum atomic E-state index is 12.5. The van der Waals surface area contributed by atoms with Gasteiger partial charge in [-0.25, -0.2) is 4.39 Å². The lowest BCUT2D eigenvalue weighted by molar-refractivity contribution is 0.566. The molecule has 66 valence electrons. The molecule has 1 rings (SSSR count). The highest BCUT2D eigenvalue weighted by Crippen LogP contribution is 2.04. The van der Waals surface area contributed by atoms with E-state index in [4.69, 9.17) is 5.84 Å². The first kappa shape index (κ1) is 9.16. The van der Waals surface area contributed by atoms with E-state index in [0.717, 1.165) is 12.0 Å². The molecule has 0 aliphatic carbocycles. The van der Waals surface area contributed by atoms with Gasteiger partial charge in [-0.3, -0.25) is 11.3 Å². The zero-order chi connectivity index (χ0) is 8.97. The van der Waals surface area contributed by atoms with Gasteiger partial charge in [-0.2, -0.15) is 0 Å². The number of nitrogens with one attached hydrogen (secondary N) is 1. The van der Waals surface area contributed by atoms with Crippen LogP contribution in [0.25, 0.3) is 0 Å². The van der Waals surface area contributed by atoms with E-state index in [0.29, 0.717) is 0 Å². The first-order chi connectivity index (χ1) is 5.72. The molecule has 0 saturated heterocycles. The highest BCUT2D eigenvalue weighted by Gasteiger charge is 1.99. The van der Waals surface area contributed by atoms with Gasteiger partial charge in [0.1, 0.15) is 5.82 Å². The van der Waals surface area contributed by atoms with Crippen LogP contribution in [0.3, 0.4) is 0 Å². The van der Waals surface area contributed by atoms with Crippen LogP contribution < -0.4 is 11.3 Å². The maximum Gasteiger partial charge on any atom is 0.123 e. The molecular formula is C9H13FN2. The van der Waals surface area contributed by atoms with E-state index >= 15 is 0 Å². The van der Waals surface area contributed by atoms with Crippen LogP contribution in [-0.2, 0) is 6.42 Å². The summed E-state index contributed by atoms with van der Waals surface area (Å²) in [6.45, 7) is 1.98. The lowest BCUT2D eigenvalue weighted by Crippen LogP contribution is -2.34. The summed E-state index contributed by atoms with van der Waals surface area (Å²) in [5.41, 5.74) is 3.72. The minimum Gasteiger partial charge on any atom is -0.271 e. The highest BCUT2D eigenvalue weighted by atomic mass is 19.1. The van der Waals surface area contributed by atoms with E-state index in [1.807, 2.05) is 6.92 Å². The number of nitrogens with two attached hydrogens (primary N) is 1. The summed E-state index contributed by atoms with van der Waals surface area (Å²) < 4.78 is 12.5. The number of hydrogen-bond donors (Lipinski definition) is 2. The lowest BCUT2D eigenvalue weighted by Gasteiger charge is -2.08. The van der Waals surface area contributed by atoms with Crippen molar-refractivity contribution in [2.24, 2.45) is 5.84 Å². The molecule has 12 heavy (non-hydrogen) atoms. The molecule has 0 radical (unpaired) electrons. The Kier molecular flexibility index (Phi) is 3.19. The van der Waals surface area contributed by atoms with Gasteiger partial charge in [0.15, 0.2) is 0 Å². The van der Waals surface area contributed by atoms with Gasteiger partial charge >= 0.3 is 0 Å². The average molecular weight is 168 g/mol. The Balaban J connectivity index is 2.58. The number of hydrogen-bond acceptors (Lipinski definition) is 2. The third kappa shape index (κ3) is 2.60. The van der Waals surface area contributed by atoms with Gasteiger partial charge in [-0.1, -0.05) is 12.1 Å². The predicted octanol–water partition coefficient (Wildman–Crippen LogP) is 1.22. The summed E-state index contributed by atoms with van der Waals surface area (Å²) in [6.07, 6.45) is 0.816. The predicted molar refractivity (Wildman–Crippen MR) is 46.9 cm³/mol. The van der Waals surface area contributed by atoms with Crippen LogP contribution >= 0.6 is 0 Å². The van der Waals surface area contributed by atoms with E-state index in [1.54, 1.807) is 12.1 Å². The average Bonchev–Trinajstić information content (AvgIpc) is 2.09. The molecule has 0 aliphatic heterocycles. The number of halogens is 1. The summed E-state index contributed by atoms with van der Waals surface area (Å²) in [6, 6.07) is 6.67. The van der Waals surface area contributed by atoms with Crippen LogP contribution in [0.1, 0.15) is 12.5 Å². The first-order valence-corrected chi connectivity index (χ1v) is 3.93. The molecule has 0 bridgehead atoms. The van der Waals surface area contributed by atoms with Crippen LogP contribution in [0.15, 0.2) is 24.3 Å². The molecule has 2 nitrogen and oxygen atoms in total. The molecule has 1 aromatic carbocycles. The Bertz CT molecular complexity index is 233. The van der Waals surface area contributed by atoms with Crippen LogP contribution in [0.2, 0.25) is 0 Å². The quantitative estimate of drug-likeness (QED) is 0.526. The SMILES string of the molecule is CC(Cc1ccc(F)cc1)NN. The molecule has 0 spiro atoms. The van der Waals surface area contributed by atoms with Gasteiger partial charge in [0.25, 0.3) is 0 Å². The van der Waals surface area contributed by atoms with E-state index in [1.165, 1.54) is 12.1 Å². The largest absolute Gasteiger partial charge is 0.271 e. The summed E-state index contributed by atoms with van der Waals surface area (Å²) >= 11 is 0. The van der Waals surface area contributed by atoms with Gasteiger partial charge in [0.2, 0.25) is 0 Å². The van der Waals surface area contributed by atoms with Crippen molar-refractivity contribution in [3.63, 3.8) is 0 Å². The Morgan fingerprint density at radius 3 is 2.50 bits per heavy atom. The van der Waals surface area contributed by atoms with Crippen molar-refractivity contribution in [2.75, 3.05) is 0 Å². The molecule has 1 unspecified atom stereocenters. The molecular weight excluding hydrogens is 155 g/mol. The molecule has 1 atom stereocenters. The van der Waals surface area contributed by atoms with Crippen LogP contribution in [-0.4, -0.2) is 6.04 Å². The fourth-order valence-corrected chi connectivity index (χ4v) is 1.03. The third-order valence-electron chi connectivity index (χ3n) is 1.74. The molecule has 3 N–H and O–H groups in total. The van der Waals surface area contributed by atoms with Crippen molar-refractivity contribution in [1.29, 1.82) is 0 Å². The maximum absolute atomic E-state index is 12.5. The highest BCUT2D eigenvalue weighted by molar-refractivity contribution is 5.16. The second-order valence-electron chi connectivity index (χ2n) is 2.90.